The van der Waals surface area contributed by atoms with Crippen molar-refractivity contribution in [1.82, 2.24) is 4.98 Å². The van der Waals surface area contributed by atoms with Crippen LogP contribution in [0.25, 0.3) is 21.7 Å². The second-order valence-corrected chi connectivity index (χ2v) is 10.2. The van der Waals surface area contributed by atoms with Crippen LogP contribution in [0.2, 0.25) is 0 Å². The first-order valence-electron chi connectivity index (χ1n) is 9.41. The molecule has 4 rings (SSSR count). The number of aromatic nitrogens is 1. The minimum Gasteiger partial charge on any atom is -0.286 e. The first-order valence-corrected chi connectivity index (χ1v) is 12.1. The van der Waals surface area contributed by atoms with Gasteiger partial charge in [0, 0.05) is 17.4 Å². The van der Waals surface area contributed by atoms with Gasteiger partial charge >= 0.3 is 0 Å². The van der Waals surface area contributed by atoms with E-state index in [9.17, 15) is 17.6 Å². The molecular weight excluding hydrogens is 433 g/mol. The van der Waals surface area contributed by atoms with Crippen molar-refractivity contribution >= 4 is 27.0 Å². The molecule has 0 fully saturated rings. The van der Waals surface area contributed by atoms with Crippen LogP contribution < -0.4 is 0 Å². The van der Waals surface area contributed by atoms with E-state index in [1.165, 1.54) is 35.6 Å². The number of hydrogen-bond acceptors (Lipinski definition) is 5. The molecule has 1 aromatic heterocycles. The summed E-state index contributed by atoms with van der Waals surface area (Å²) in [7, 11) is -3.33. The van der Waals surface area contributed by atoms with Gasteiger partial charge in [0.1, 0.15) is 5.82 Å². The lowest BCUT2D eigenvalue weighted by Crippen LogP contribution is -2.00. The second-order valence-electron chi connectivity index (χ2n) is 7.20. The fourth-order valence-corrected chi connectivity index (χ4v) is 4.78. The fraction of sp³-hybridized carbons (Fsp3) is 0.0833. The highest BCUT2D eigenvalue weighted by atomic mass is 32.2. The highest BCUT2D eigenvalue weighted by Crippen LogP contribution is 2.38. The van der Waals surface area contributed by atoms with Crippen molar-refractivity contribution in [3.63, 3.8) is 0 Å². The third-order valence-corrected chi connectivity index (χ3v) is 7.03. The van der Waals surface area contributed by atoms with Crippen LogP contribution in [0.1, 0.15) is 20.9 Å². The Morgan fingerprint density at radius 3 is 2.03 bits per heavy atom. The molecule has 31 heavy (non-hydrogen) atoms. The van der Waals surface area contributed by atoms with Crippen LogP contribution in [0.4, 0.5) is 4.39 Å². The third kappa shape index (κ3) is 4.47. The molecule has 7 heteroatoms. The van der Waals surface area contributed by atoms with Crippen LogP contribution in [-0.4, -0.2) is 25.4 Å². The topological polar surface area (TPSA) is 64.1 Å². The molecule has 0 N–H and O–H groups in total. The molecule has 0 bridgehead atoms. The number of ketones is 1. The summed E-state index contributed by atoms with van der Waals surface area (Å²) in [5, 5.41) is 0.311. The monoisotopic (exact) mass is 451 g/mol. The zero-order chi connectivity index (χ0) is 22.2. The van der Waals surface area contributed by atoms with Crippen LogP contribution in [0, 0.1) is 12.7 Å². The quantitative estimate of drug-likeness (QED) is 0.373. The highest BCUT2D eigenvalue weighted by molar-refractivity contribution is 7.90. The number of thiazole rings is 1. The summed E-state index contributed by atoms with van der Waals surface area (Å²) < 4.78 is 37.0. The lowest BCUT2D eigenvalue weighted by Gasteiger charge is -2.04. The van der Waals surface area contributed by atoms with Gasteiger partial charge in [0.25, 0.3) is 0 Å². The van der Waals surface area contributed by atoms with Gasteiger partial charge in [-0.1, -0.05) is 54.1 Å². The average molecular weight is 452 g/mol. The van der Waals surface area contributed by atoms with Gasteiger partial charge in [-0.05, 0) is 36.8 Å². The number of nitrogens with zero attached hydrogens (tertiary/aromatic N) is 1. The number of halogens is 1. The molecule has 0 saturated heterocycles. The molecule has 156 valence electrons. The maximum Gasteiger partial charge on any atom is 0.221 e. The Bertz CT molecular complexity index is 1360. The number of carbonyl (C=O) groups is 1. The number of rotatable bonds is 5. The summed E-state index contributed by atoms with van der Waals surface area (Å²) in [6.45, 7) is 1.95. The molecule has 0 amide bonds. The molecule has 4 nitrogen and oxygen atoms in total. The van der Waals surface area contributed by atoms with Gasteiger partial charge in [0.15, 0.2) is 14.8 Å². The minimum absolute atomic E-state index is 0.200. The van der Waals surface area contributed by atoms with E-state index in [1.807, 2.05) is 19.1 Å². The molecule has 0 saturated carbocycles. The number of carbonyl (C=O) groups excluding carboxylic acids is 1. The Kier molecular flexibility index (Phi) is 5.56. The molecule has 0 aliphatic heterocycles. The van der Waals surface area contributed by atoms with Crippen molar-refractivity contribution in [1.29, 1.82) is 0 Å². The maximum absolute atomic E-state index is 13.4. The van der Waals surface area contributed by atoms with Crippen LogP contribution >= 0.6 is 11.3 Å². The number of aryl methyl sites for hydroxylation is 1. The first-order chi connectivity index (χ1) is 14.7. The lowest BCUT2D eigenvalue weighted by molar-refractivity contribution is 0.103. The predicted molar refractivity (Wildman–Crippen MR) is 121 cm³/mol. The zero-order valence-corrected chi connectivity index (χ0v) is 18.4. The van der Waals surface area contributed by atoms with E-state index in [0.717, 1.165) is 17.4 Å². The number of sulfone groups is 1. The van der Waals surface area contributed by atoms with E-state index in [1.54, 1.807) is 36.4 Å². The Labute approximate surface area is 184 Å². The Morgan fingerprint density at radius 1 is 0.871 bits per heavy atom. The van der Waals surface area contributed by atoms with Gasteiger partial charge in [-0.2, -0.15) is 0 Å². The van der Waals surface area contributed by atoms with Gasteiger partial charge in [-0.15, -0.1) is 11.3 Å². The molecule has 0 unspecified atom stereocenters. The van der Waals surface area contributed by atoms with Crippen LogP contribution in [0.5, 0.6) is 0 Å². The molecule has 0 aliphatic rings. The van der Waals surface area contributed by atoms with E-state index in [4.69, 9.17) is 0 Å². The van der Waals surface area contributed by atoms with Crippen LogP contribution in [-0.2, 0) is 9.84 Å². The highest BCUT2D eigenvalue weighted by Gasteiger charge is 2.21. The molecule has 0 radical (unpaired) electrons. The third-order valence-electron chi connectivity index (χ3n) is 4.80. The second kappa shape index (κ2) is 8.17. The summed E-state index contributed by atoms with van der Waals surface area (Å²) >= 11 is 1.23. The Balaban J connectivity index is 1.83. The number of benzene rings is 3. The van der Waals surface area contributed by atoms with Crippen LogP contribution in [0.15, 0.2) is 77.7 Å². The minimum atomic E-state index is -3.33. The van der Waals surface area contributed by atoms with Crippen molar-refractivity contribution in [2.75, 3.05) is 6.26 Å². The standard InChI is InChI=1S/C24H18FNO3S2/c1-15-3-5-17(6-4-15)22(27)24-26-21(16-9-13-20(14-10-16)31(2,28)29)23(30-24)18-7-11-19(25)12-8-18/h3-14H,1-2H3. The molecular formula is C24H18FNO3S2. The van der Waals surface area contributed by atoms with Crippen molar-refractivity contribution < 1.29 is 17.6 Å². The summed E-state index contributed by atoms with van der Waals surface area (Å²) in [5.74, 6) is -0.560. The van der Waals surface area contributed by atoms with Crippen molar-refractivity contribution in [2.45, 2.75) is 11.8 Å². The molecule has 4 aromatic rings. The summed E-state index contributed by atoms with van der Waals surface area (Å²) in [4.78, 5) is 18.5. The largest absolute Gasteiger partial charge is 0.286 e. The van der Waals surface area contributed by atoms with E-state index >= 15 is 0 Å². The summed E-state index contributed by atoms with van der Waals surface area (Å²) in [5.41, 5.74) is 3.53. The van der Waals surface area contributed by atoms with Gasteiger partial charge in [-0.3, -0.25) is 4.79 Å². The lowest BCUT2D eigenvalue weighted by atomic mass is 10.1. The normalized spacial score (nSPS) is 11.5. The summed E-state index contributed by atoms with van der Waals surface area (Å²) in [6.07, 6.45) is 1.15. The number of hydrogen-bond donors (Lipinski definition) is 0. The molecule has 0 spiro atoms. The summed E-state index contributed by atoms with van der Waals surface area (Å²) in [6, 6.07) is 19.6. The average Bonchev–Trinajstić information content (AvgIpc) is 3.19. The van der Waals surface area contributed by atoms with Gasteiger partial charge < -0.3 is 0 Å². The molecule has 0 aliphatic carbocycles. The van der Waals surface area contributed by atoms with E-state index in [-0.39, 0.29) is 16.5 Å². The van der Waals surface area contributed by atoms with E-state index in [0.29, 0.717) is 26.7 Å². The van der Waals surface area contributed by atoms with Gasteiger partial charge in [0.2, 0.25) is 5.78 Å². The Morgan fingerprint density at radius 2 is 1.45 bits per heavy atom. The van der Waals surface area contributed by atoms with Crippen LogP contribution in [0.3, 0.4) is 0 Å². The fourth-order valence-electron chi connectivity index (χ4n) is 3.10. The van der Waals surface area contributed by atoms with E-state index < -0.39 is 9.84 Å². The molecule has 3 aromatic carbocycles. The molecule has 0 atom stereocenters. The van der Waals surface area contributed by atoms with Crippen molar-refractivity contribution in [3.05, 3.63) is 94.7 Å². The van der Waals surface area contributed by atoms with Crippen molar-refractivity contribution in [2.24, 2.45) is 0 Å². The van der Waals surface area contributed by atoms with Crippen molar-refractivity contribution in [3.8, 4) is 21.7 Å². The SMILES string of the molecule is Cc1ccc(C(=O)c2nc(-c3ccc(S(C)(=O)=O)cc3)c(-c3ccc(F)cc3)s2)cc1. The van der Waals surface area contributed by atoms with Gasteiger partial charge in [0.05, 0.1) is 15.5 Å². The van der Waals surface area contributed by atoms with E-state index in [2.05, 4.69) is 4.98 Å². The maximum atomic E-state index is 13.4. The predicted octanol–water partition coefficient (Wildman–Crippen LogP) is 5.56. The zero-order valence-electron chi connectivity index (χ0n) is 16.8. The smallest absolute Gasteiger partial charge is 0.221 e. The molecule has 1 heterocycles. The Hall–Kier alpha value is -3.16. The van der Waals surface area contributed by atoms with Gasteiger partial charge in [-0.25, -0.2) is 17.8 Å². The first kappa shape index (κ1) is 21.1.